The summed E-state index contributed by atoms with van der Waals surface area (Å²) in [6.45, 7) is 9.77. The van der Waals surface area contributed by atoms with Crippen LogP contribution in [-0.2, 0) is 22.7 Å². The fourth-order valence-corrected chi connectivity index (χ4v) is 4.98. The topological polar surface area (TPSA) is 55.9 Å². The first-order valence-electron chi connectivity index (χ1n) is 11.8. The summed E-state index contributed by atoms with van der Waals surface area (Å²) in [7, 11) is 0. The lowest BCUT2D eigenvalue weighted by atomic mass is 10.1. The maximum absolute atomic E-state index is 12.7. The van der Waals surface area contributed by atoms with E-state index in [9.17, 15) is 9.59 Å². The van der Waals surface area contributed by atoms with Crippen LogP contribution in [0.25, 0.3) is 0 Å². The number of rotatable bonds is 8. The number of carbonyl (C=O) groups excluding carboxylic acids is 2. The van der Waals surface area contributed by atoms with Crippen LogP contribution in [0.3, 0.4) is 0 Å². The fraction of sp³-hybridized carbons (Fsp3) is 0.462. The first-order valence-corrected chi connectivity index (χ1v) is 13.0. The average molecular weight is 467 g/mol. The van der Waals surface area contributed by atoms with Gasteiger partial charge in [0.2, 0.25) is 11.8 Å². The minimum absolute atomic E-state index is 0.0116. The molecule has 2 aromatic carbocycles. The van der Waals surface area contributed by atoms with E-state index >= 15 is 0 Å². The lowest BCUT2D eigenvalue weighted by Gasteiger charge is -2.34. The minimum Gasteiger partial charge on any atom is -0.352 e. The van der Waals surface area contributed by atoms with Crippen LogP contribution in [0.5, 0.6) is 0 Å². The molecule has 1 N–H and O–H groups in total. The molecule has 2 saturated heterocycles. The van der Waals surface area contributed by atoms with E-state index in [0.29, 0.717) is 13.1 Å². The lowest BCUT2D eigenvalue weighted by Crippen LogP contribution is -2.45. The molecule has 2 aromatic rings. The summed E-state index contributed by atoms with van der Waals surface area (Å²) in [6.07, 6.45) is 2.28. The van der Waals surface area contributed by atoms with E-state index in [0.717, 1.165) is 55.4 Å². The van der Waals surface area contributed by atoms with Gasteiger partial charge in [0.1, 0.15) is 0 Å². The second kappa shape index (κ2) is 11.2. The summed E-state index contributed by atoms with van der Waals surface area (Å²) in [5.41, 5.74) is 3.25. The molecule has 33 heavy (non-hydrogen) atoms. The number of amides is 2. The van der Waals surface area contributed by atoms with Crippen LogP contribution in [0.1, 0.15) is 24.5 Å². The monoisotopic (exact) mass is 466 g/mol. The summed E-state index contributed by atoms with van der Waals surface area (Å²) in [6, 6.07) is 16.4. The minimum atomic E-state index is -0.309. The molecule has 0 unspecified atom stereocenters. The number of hydrogen-bond acceptors (Lipinski definition) is 5. The summed E-state index contributed by atoms with van der Waals surface area (Å²) < 4.78 is 0. The van der Waals surface area contributed by atoms with Gasteiger partial charge in [0.15, 0.2) is 0 Å². The molecule has 4 rings (SSSR count). The molecule has 2 heterocycles. The van der Waals surface area contributed by atoms with E-state index in [1.165, 1.54) is 5.56 Å². The highest BCUT2D eigenvalue weighted by molar-refractivity contribution is 7.98. The Balaban J connectivity index is 1.25. The highest BCUT2D eigenvalue weighted by Crippen LogP contribution is 2.28. The fourth-order valence-electron chi connectivity index (χ4n) is 4.53. The molecular formula is C26H34N4O2S. The normalized spacial score (nSPS) is 19.8. The predicted molar refractivity (Wildman–Crippen MR) is 134 cm³/mol. The van der Waals surface area contributed by atoms with Crippen molar-refractivity contribution in [1.82, 2.24) is 15.1 Å². The van der Waals surface area contributed by atoms with Gasteiger partial charge >= 0.3 is 0 Å². The zero-order valence-electron chi connectivity index (χ0n) is 19.6. The molecule has 2 aliphatic heterocycles. The third kappa shape index (κ3) is 6.16. The summed E-state index contributed by atoms with van der Waals surface area (Å²) in [5, 5.41) is 3.03. The number of nitrogens with zero attached hydrogens (tertiary/aromatic N) is 3. The Bertz CT molecular complexity index is 957. The number of hydrogen-bond donors (Lipinski definition) is 1. The number of thioether (sulfide) groups is 1. The number of nitrogens with one attached hydrogen (secondary N) is 1. The van der Waals surface area contributed by atoms with Crippen molar-refractivity contribution >= 4 is 29.3 Å². The second-order valence-corrected chi connectivity index (χ2v) is 9.73. The Hall–Kier alpha value is -2.35. The molecule has 6 nitrogen and oxygen atoms in total. The number of piperazine rings is 1. The van der Waals surface area contributed by atoms with E-state index < -0.39 is 0 Å². The summed E-state index contributed by atoms with van der Waals surface area (Å²) in [4.78, 5) is 33.1. The van der Waals surface area contributed by atoms with Crippen molar-refractivity contribution in [2.45, 2.75) is 31.3 Å². The molecule has 176 valence electrons. The van der Waals surface area contributed by atoms with E-state index in [2.05, 4.69) is 46.3 Å². The summed E-state index contributed by atoms with van der Waals surface area (Å²) >= 11 is 1.65. The van der Waals surface area contributed by atoms with Crippen LogP contribution in [-0.4, -0.2) is 67.1 Å². The van der Waals surface area contributed by atoms with Crippen molar-refractivity contribution < 1.29 is 9.59 Å². The molecule has 0 aromatic heterocycles. The Labute approximate surface area is 201 Å². The summed E-state index contributed by atoms with van der Waals surface area (Å²) in [5.74, 6) is -0.348. The standard InChI is InChI=1S/C26H34N4O2S/c1-3-28-11-13-29(14-12-28)18-21-9-7-20(8-10-21)17-27-26(32)22-15-25(31)30(19-22)23-5-4-6-24(16-23)33-2/h4-10,16,22H,3,11-15,17-19H2,1-2H3,(H,27,32)/t22-/m0/s1. The molecule has 2 aliphatic rings. The Morgan fingerprint density at radius 3 is 2.42 bits per heavy atom. The molecule has 0 spiro atoms. The van der Waals surface area contributed by atoms with E-state index in [4.69, 9.17) is 0 Å². The number of anilines is 1. The van der Waals surface area contributed by atoms with Crippen molar-refractivity contribution in [3.63, 3.8) is 0 Å². The van der Waals surface area contributed by atoms with E-state index in [-0.39, 0.29) is 24.2 Å². The van der Waals surface area contributed by atoms with Gasteiger partial charge < -0.3 is 15.1 Å². The average Bonchev–Trinajstić information content (AvgIpc) is 3.25. The van der Waals surface area contributed by atoms with Gasteiger partial charge in [-0.25, -0.2) is 0 Å². The molecule has 2 fully saturated rings. The van der Waals surface area contributed by atoms with Gasteiger partial charge in [0.25, 0.3) is 0 Å². The zero-order valence-corrected chi connectivity index (χ0v) is 20.4. The molecule has 0 saturated carbocycles. The Morgan fingerprint density at radius 2 is 1.73 bits per heavy atom. The lowest BCUT2D eigenvalue weighted by molar-refractivity contribution is -0.126. The number of likely N-dealkylation sites (N-methyl/N-ethyl adjacent to an activating group) is 1. The van der Waals surface area contributed by atoms with Crippen LogP contribution in [0.2, 0.25) is 0 Å². The van der Waals surface area contributed by atoms with Crippen LogP contribution in [0.4, 0.5) is 5.69 Å². The van der Waals surface area contributed by atoms with Crippen LogP contribution in [0, 0.1) is 5.92 Å². The van der Waals surface area contributed by atoms with Crippen LogP contribution < -0.4 is 10.2 Å². The van der Waals surface area contributed by atoms with Gasteiger partial charge in [0.05, 0.1) is 5.92 Å². The highest BCUT2D eigenvalue weighted by atomic mass is 32.2. The van der Waals surface area contributed by atoms with Gasteiger partial charge in [-0.05, 0) is 42.1 Å². The van der Waals surface area contributed by atoms with Gasteiger partial charge in [-0.15, -0.1) is 11.8 Å². The maximum atomic E-state index is 12.7. The van der Waals surface area contributed by atoms with Crippen molar-refractivity contribution in [3.05, 3.63) is 59.7 Å². The maximum Gasteiger partial charge on any atom is 0.227 e. The predicted octanol–water partition coefficient (Wildman–Crippen LogP) is 3.22. The quantitative estimate of drug-likeness (QED) is 0.606. The smallest absolute Gasteiger partial charge is 0.227 e. The highest BCUT2D eigenvalue weighted by Gasteiger charge is 2.35. The third-order valence-corrected chi connectivity index (χ3v) is 7.39. The first kappa shape index (κ1) is 23.8. The molecule has 0 aliphatic carbocycles. The van der Waals surface area contributed by atoms with Crippen molar-refractivity contribution in [3.8, 4) is 0 Å². The molecule has 1 atom stereocenters. The van der Waals surface area contributed by atoms with Gasteiger partial charge in [-0.3, -0.25) is 14.5 Å². The molecule has 2 amide bonds. The third-order valence-electron chi connectivity index (χ3n) is 6.67. The molecular weight excluding hydrogens is 432 g/mol. The van der Waals surface area contributed by atoms with Gasteiger partial charge in [-0.1, -0.05) is 37.3 Å². The van der Waals surface area contributed by atoms with Crippen molar-refractivity contribution in [2.75, 3.05) is 50.4 Å². The SMILES string of the molecule is CCN1CCN(Cc2ccc(CNC(=O)[C@H]3CC(=O)N(c4cccc(SC)c4)C3)cc2)CC1. The zero-order chi connectivity index (χ0) is 23.2. The number of benzene rings is 2. The van der Waals surface area contributed by atoms with Crippen molar-refractivity contribution in [2.24, 2.45) is 5.92 Å². The van der Waals surface area contributed by atoms with Crippen LogP contribution in [0.15, 0.2) is 53.4 Å². The van der Waals surface area contributed by atoms with Crippen molar-refractivity contribution in [1.29, 1.82) is 0 Å². The molecule has 0 bridgehead atoms. The molecule has 7 heteroatoms. The Morgan fingerprint density at radius 1 is 1.03 bits per heavy atom. The van der Waals surface area contributed by atoms with Crippen LogP contribution >= 0.6 is 11.8 Å². The van der Waals surface area contributed by atoms with Gasteiger partial charge in [0, 0.05) is 62.8 Å². The second-order valence-electron chi connectivity index (χ2n) is 8.85. The molecule has 0 radical (unpaired) electrons. The first-order chi connectivity index (χ1) is 16.1. The Kier molecular flexibility index (Phi) is 8.06. The number of carbonyl (C=O) groups is 2. The van der Waals surface area contributed by atoms with Gasteiger partial charge in [-0.2, -0.15) is 0 Å². The van der Waals surface area contributed by atoms with E-state index in [1.54, 1.807) is 16.7 Å². The largest absolute Gasteiger partial charge is 0.352 e. The van der Waals surface area contributed by atoms with E-state index in [1.807, 2.05) is 30.5 Å².